The van der Waals surface area contributed by atoms with E-state index in [9.17, 15) is 19.5 Å². The van der Waals surface area contributed by atoms with Crippen molar-refractivity contribution in [3.05, 3.63) is 97.4 Å². The minimum Gasteiger partial charge on any atom is -0.502 e. The number of aromatic nitrogens is 1. The van der Waals surface area contributed by atoms with Crippen LogP contribution in [0.4, 0.5) is 0 Å². The van der Waals surface area contributed by atoms with Crippen molar-refractivity contribution < 1.29 is 14.3 Å². The molecule has 1 amide bonds. The number of piperidine rings is 1. The lowest BCUT2D eigenvalue weighted by atomic mass is 9.83. The van der Waals surface area contributed by atoms with Gasteiger partial charge in [-0.3, -0.25) is 19.3 Å². The number of aromatic hydroxyl groups is 1. The van der Waals surface area contributed by atoms with Gasteiger partial charge >= 0.3 is 0 Å². The number of fused-ring (bicyclic) bond motifs is 4. The van der Waals surface area contributed by atoms with E-state index in [2.05, 4.69) is 18.7 Å². The lowest BCUT2D eigenvalue weighted by Gasteiger charge is -2.42. The first kappa shape index (κ1) is 25.0. The summed E-state index contributed by atoms with van der Waals surface area (Å²) in [5.41, 5.74) is 7.98. The predicted octanol–water partition coefficient (Wildman–Crippen LogP) is 3.26. The first-order valence-corrected chi connectivity index (χ1v) is 12.9. The molecule has 5 rings (SSSR count). The number of amides is 1. The van der Waals surface area contributed by atoms with Crippen LogP contribution in [0, 0.1) is 5.92 Å². The SMILES string of the molecule is CC(C)c1ccc([C@H](CC(N)=O)c2oc(CN3C[C@H]4C[C@@H](C3)c3cccc(=O)n3C4)cc(=O)c2O)cc1. The minimum atomic E-state index is -0.675. The van der Waals surface area contributed by atoms with Crippen LogP contribution in [0.15, 0.2) is 62.5 Å². The van der Waals surface area contributed by atoms with E-state index in [0.29, 0.717) is 30.7 Å². The number of nitrogens with zero attached hydrogens (tertiary/aromatic N) is 2. The Morgan fingerprint density at radius 2 is 1.81 bits per heavy atom. The maximum atomic E-state index is 12.8. The highest BCUT2D eigenvalue weighted by atomic mass is 16.4. The third-order valence-electron chi connectivity index (χ3n) is 7.66. The molecule has 8 nitrogen and oxygen atoms in total. The van der Waals surface area contributed by atoms with Crippen LogP contribution >= 0.6 is 0 Å². The third kappa shape index (κ3) is 5.11. The average Bonchev–Trinajstić information content (AvgIpc) is 2.85. The number of carbonyl (C=O) groups excluding carboxylic acids is 1. The molecule has 0 saturated carbocycles. The fraction of sp³-hybridized carbons (Fsp3) is 0.414. The predicted molar refractivity (Wildman–Crippen MR) is 140 cm³/mol. The fourth-order valence-electron chi connectivity index (χ4n) is 5.89. The fourth-order valence-corrected chi connectivity index (χ4v) is 5.89. The van der Waals surface area contributed by atoms with Gasteiger partial charge in [0.05, 0.1) is 12.5 Å². The van der Waals surface area contributed by atoms with Gasteiger partial charge in [-0.05, 0) is 35.4 Å². The number of rotatable bonds is 7. The van der Waals surface area contributed by atoms with E-state index >= 15 is 0 Å². The molecule has 2 aromatic heterocycles. The van der Waals surface area contributed by atoms with E-state index in [1.807, 2.05) is 41.0 Å². The summed E-state index contributed by atoms with van der Waals surface area (Å²) < 4.78 is 8.03. The van der Waals surface area contributed by atoms with Crippen molar-refractivity contribution in [2.75, 3.05) is 13.1 Å². The number of carbonyl (C=O) groups is 1. The van der Waals surface area contributed by atoms with Crippen molar-refractivity contribution in [3.8, 4) is 5.75 Å². The molecule has 4 heterocycles. The Morgan fingerprint density at radius 1 is 1.08 bits per heavy atom. The van der Waals surface area contributed by atoms with Gasteiger partial charge in [-0.2, -0.15) is 0 Å². The number of pyridine rings is 1. The van der Waals surface area contributed by atoms with Crippen LogP contribution in [0.2, 0.25) is 0 Å². The number of hydrogen-bond donors (Lipinski definition) is 2. The average molecular weight is 504 g/mol. The molecule has 2 aliphatic rings. The van der Waals surface area contributed by atoms with Crippen LogP contribution in [0.25, 0.3) is 0 Å². The van der Waals surface area contributed by atoms with Crippen molar-refractivity contribution in [1.82, 2.24) is 9.47 Å². The molecule has 1 saturated heterocycles. The Bertz CT molecular complexity index is 1420. The highest BCUT2D eigenvalue weighted by molar-refractivity contribution is 5.75. The highest BCUT2D eigenvalue weighted by Gasteiger charge is 2.35. The summed E-state index contributed by atoms with van der Waals surface area (Å²) in [7, 11) is 0. The molecule has 194 valence electrons. The number of benzene rings is 1. The lowest BCUT2D eigenvalue weighted by Crippen LogP contribution is -2.46. The van der Waals surface area contributed by atoms with Gasteiger partial charge in [-0.1, -0.05) is 44.2 Å². The van der Waals surface area contributed by atoms with Gasteiger partial charge in [0.25, 0.3) is 5.56 Å². The topological polar surface area (TPSA) is 119 Å². The third-order valence-corrected chi connectivity index (χ3v) is 7.66. The molecule has 8 heteroatoms. The molecule has 0 spiro atoms. The quantitative estimate of drug-likeness (QED) is 0.511. The van der Waals surface area contributed by atoms with Crippen LogP contribution in [0.3, 0.4) is 0 Å². The molecule has 37 heavy (non-hydrogen) atoms. The van der Waals surface area contributed by atoms with Gasteiger partial charge in [0.15, 0.2) is 5.76 Å². The Balaban J connectivity index is 1.44. The number of hydrogen-bond acceptors (Lipinski definition) is 6. The molecule has 2 aliphatic heterocycles. The van der Waals surface area contributed by atoms with Crippen LogP contribution < -0.4 is 16.7 Å². The monoisotopic (exact) mass is 503 g/mol. The second kappa shape index (κ2) is 10.0. The maximum absolute atomic E-state index is 12.8. The van der Waals surface area contributed by atoms with Crippen molar-refractivity contribution in [2.24, 2.45) is 11.7 Å². The molecule has 2 bridgehead atoms. The standard InChI is InChI=1S/C29H33N3O5/c1-17(2)19-6-8-20(9-7-19)23(12-26(30)34)29-28(36)25(33)11-22(37-29)16-31-13-18-10-21(15-31)24-4-3-5-27(35)32(24)14-18/h3-9,11,17-18,21,23,36H,10,12-16H2,1-2H3,(H2,30,34)/t18-,21+,23+/m1/s1. The van der Waals surface area contributed by atoms with Crippen LogP contribution in [0.5, 0.6) is 5.75 Å². The second-order valence-corrected chi connectivity index (χ2v) is 10.7. The van der Waals surface area contributed by atoms with Gasteiger partial charge in [-0.25, -0.2) is 0 Å². The summed E-state index contributed by atoms with van der Waals surface area (Å²) in [6.45, 7) is 6.77. The van der Waals surface area contributed by atoms with Crippen LogP contribution in [-0.2, 0) is 17.9 Å². The molecular weight excluding hydrogens is 470 g/mol. The van der Waals surface area contributed by atoms with E-state index < -0.39 is 23.0 Å². The van der Waals surface area contributed by atoms with Crippen molar-refractivity contribution in [3.63, 3.8) is 0 Å². The van der Waals surface area contributed by atoms with E-state index in [1.54, 1.807) is 6.07 Å². The van der Waals surface area contributed by atoms with Gasteiger partial charge in [0, 0.05) is 49.8 Å². The van der Waals surface area contributed by atoms with Gasteiger partial charge in [0.1, 0.15) is 5.76 Å². The summed E-state index contributed by atoms with van der Waals surface area (Å²) in [6.07, 6.45) is 0.929. The van der Waals surface area contributed by atoms with E-state index in [-0.39, 0.29) is 23.7 Å². The number of primary amides is 1. The van der Waals surface area contributed by atoms with Gasteiger partial charge in [0.2, 0.25) is 17.1 Å². The Hall–Kier alpha value is -3.65. The first-order chi connectivity index (χ1) is 17.7. The minimum absolute atomic E-state index is 0.0387. The molecule has 0 aliphatic carbocycles. The second-order valence-electron chi connectivity index (χ2n) is 10.7. The zero-order valence-corrected chi connectivity index (χ0v) is 21.2. The summed E-state index contributed by atoms with van der Waals surface area (Å²) in [6, 6.07) is 14.5. The molecule has 3 aromatic rings. The summed E-state index contributed by atoms with van der Waals surface area (Å²) >= 11 is 0. The molecule has 0 radical (unpaired) electrons. The molecule has 3 N–H and O–H groups in total. The summed E-state index contributed by atoms with van der Waals surface area (Å²) in [5, 5.41) is 10.7. The van der Waals surface area contributed by atoms with Gasteiger partial charge < -0.3 is 19.8 Å². The maximum Gasteiger partial charge on any atom is 0.250 e. The normalized spacial score (nSPS) is 20.0. The van der Waals surface area contributed by atoms with Crippen molar-refractivity contribution in [1.29, 1.82) is 0 Å². The Morgan fingerprint density at radius 3 is 2.51 bits per heavy atom. The van der Waals surface area contributed by atoms with Crippen LogP contribution in [-0.4, -0.2) is 33.6 Å². The largest absolute Gasteiger partial charge is 0.502 e. The lowest BCUT2D eigenvalue weighted by molar-refractivity contribution is -0.118. The molecular formula is C29H33N3O5. The summed E-state index contributed by atoms with van der Waals surface area (Å²) in [4.78, 5) is 39.3. The Kier molecular flexibility index (Phi) is 6.77. The van der Waals surface area contributed by atoms with Crippen molar-refractivity contribution in [2.45, 2.75) is 57.5 Å². The van der Waals surface area contributed by atoms with E-state index in [0.717, 1.165) is 36.3 Å². The number of likely N-dealkylation sites (tertiary alicyclic amines) is 1. The smallest absolute Gasteiger partial charge is 0.250 e. The molecule has 0 unspecified atom stereocenters. The van der Waals surface area contributed by atoms with Gasteiger partial charge in [-0.15, -0.1) is 0 Å². The zero-order chi connectivity index (χ0) is 26.3. The summed E-state index contributed by atoms with van der Waals surface area (Å²) in [5.74, 6) is -0.332. The van der Waals surface area contributed by atoms with E-state index in [4.69, 9.17) is 10.2 Å². The molecule has 1 aromatic carbocycles. The number of nitrogens with two attached hydrogens (primary N) is 1. The highest BCUT2D eigenvalue weighted by Crippen LogP contribution is 2.37. The van der Waals surface area contributed by atoms with Crippen molar-refractivity contribution >= 4 is 5.91 Å². The molecule has 3 atom stereocenters. The van der Waals surface area contributed by atoms with Crippen LogP contribution in [0.1, 0.15) is 72.8 Å². The van der Waals surface area contributed by atoms with E-state index in [1.165, 1.54) is 6.07 Å². The zero-order valence-electron chi connectivity index (χ0n) is 21.2. The molecule has 1 fully saturated rings. The first-order valence-electron chi connectivity index (χ1n) is 12.9. The Labute approximate surface area is 215 Å².